The van der Waals surface area contributed by atoms with Crippen molar-refractivity contribution in [1.82, 2.24) is 0 Å². The fourth-order valence-corrected chi connectivity index (χ4v) is 1.28. The molecule has 0 aromatic heterocycles. The van der Waals surface area contributed by atoms with Crippen LogP contribution in [0.1, 0.15) is 18.9 Å². The summed E-state index contributed by atoms with van der Waals surface area (Å²) in [5.41, 5.74) is 1.88. The van der Waals surface area contributed by atoms with Crippen LogP contribution in [-0.2, 0) is 4.79 Å². The van der Waals surface area contributed by atoms with Crippen molar-refractivity contribution in [3.05, 3.63) is 40.9 Å². The van der Waals surface area contributed by atoms with Gasteiger partial charge in [-0.3, -0.25) is 4.79 Å². The van der Waals surface area contributed by atoms with E-state index in [1.807, 2.05) is 25.1 Å². The van der Waals surface area contributed by atoms with E-state index in [0.29, 0.717) is 5.02 Å². The maximum absolute atomic E-state index is 10.3. The normalized spacial score (nSPS) is 11.4. The third-order valence-corrected chi connectivity index (χ3v) is 2.10. The molecule has 0 aliphatic heterocycles. The predicted molar refractivity (Wildman–Crippen MR) is 57.4 cm³/mol. The zero-order valence-corrected chi connectivity index (χ0v) is 8.58. The van der Waals surface area contributed by atoms with Gasteiger partial charge in [0, 0.05) is 5.02 Å². The highest BCUT2D eigenvalue weighted by molar-refractivity contribution is 6.30. The van der Waals surface area contributed by atoms with Crippen molar-refractivity contribution < 1.29 is 9.90 Å². The van der Waals surface area contributed by atoms with Crippen LogP contribution in [0.25, 0.3) is 5.57 Å². The van der Waals surface area contributed by atoms with Crippen LogP contribution in [-0.4, -0.2) is 11.1 Å². The summed E-state index contributed by atoms with van der Waals surface area (Å²) in [4.78, 5) is 10.3. The van der Waals surface area contributed by atoms with Gasteiger partial charge < -0.3 is 5.11 Å². The second-order valence-corrected chi connectivity index (χ2v) is 3.43. The minimum Gasteiger partial charge on any atom is -0.481 e. The Balaban J connectivity index is 2.83. The number of carbonyl (C=O) groups is 1. The van der Waals surface area contributed by atoms with Crippen LogP contribution in [0.15, 0.2) is 30.3 Å². The molecule has 0 atom stereocenters. The van der Waals surface area contributed by atoms with Crippen LogP contribution in [0.4, 0.5) is 0 Å². The van der Waals surface area contributed by atoms with E-state index in [-0.39, 0.29) is 6.42 Å². The maximum Gasteiger partial charge on any atom is 0.307 e. The average molecular weight is 211 g/mol. The van der Waals surface area contributed by atoms with Crippen LogP contribution < -0.4 is 0 Å². The van der Waals surface area contributed by atoms with Crippen LogP contribution in [0.3, 0.4) is 0 Å². The number of allylic oxidation sites excluding steroid dienone is 1. The van der Waals surface area contributed by atoms with E-state index < -0.39 is 5.97 Å². The van der Waals surface area contributed by atoms with Crippen molar-refractivity contribution in [2.45, 2.75) is 13.3 Å². The van der Waals surface area contributed by atoms with E-state index in [9.17, 15) is 4.79 Å². The van der Waals surface area contributed by atoms with Crippen LogP contribution in [0.2, 0.25) is 5.02 Å². The monoisotopic (exact) mass is 210 g/mol. The number of aliphatic carboxylic acids is 1. The fourth-order valence-electron chi connectivity index (χ4n) is 1.09. The number of carboxylic acid groups (broad SMARTS) is 1. The molecule has 0 saturated carbocycles. The lowest BCUT2D eigenvalue weighted by Crippen LogP contribution is -1.91. The molecule has 1 N–H and O–H groups in total. The van der Waals surface area contributed by atoms with Gasteiger partial charge in [-0.1, -0.05) is 29.8 Å². The zero-order valence-electron chi connectivity index (χ0n) is 7.83. The van der Waals surface area contributed by atoms with Gasteiger partial charge in [0.15, 0.2) is 0 Å². The first-order valence-corrected chi connectivity index (χ1v) is 4.62. The molecule has 0 aliphatic rings. The molecule has 0 amide bonds. The molecule has 74 valence electrons. The molecule has 0 heterocycles. The van der Waals surface area contributed by atoms with Gasteiger partial charge in [-0.2, -0.15) is 0 Å². The van der Waals surface area contributed by atoms with E-state index >= 15 is 0 Å². The minimum atomic E-state index is -0.827. The third-order valence-electron chi connectivity index (χ3n) is 1.86. The predicted octanol–water partition coefficient (Wildman–Crippen LogP) is 3.22. The van der Waals surface area contributed by atoms with E-state index in [1.165, 1.54) is 0 Å². The highest BCUT2D eigenvalue weighted by Crippen LogP contribution is 2.18. The Morgan fingerprint density at radius 1 is 1.57 bits per heavy atom. The number of carboxylic acids is 1. The highest BCUT2D eigenvalue weighted by Gasteiger charge is 1.98. The standard InChI is InChI=1S/C11H11ClO2/c1-8(5-6-11(13)14)9-3-2-4-10(12)7-9/h2-5,7H,6H2,1H3,(H,13,14)/b8-5+. The molecule has 0 aliphatic carbocycles. The molecular weight excluding hydrogens is 200 g/mol. The molecule has 1 rings (SSSR count). The highest BCUT2D eigenvalue weighted by atomic mass is 35.5. The minimum absolute atomic E-state index is 0.0400. The molecule has 2 nitrogen and oxygen atoms in total. The largest absolute Gasteiger partial charge is 0.481 e. The van der Waals surface area contributed by atoms with Gasteiger partial charge in [-0.05, 0) is 30.2 Å². The number of hydrogen-bond donors (Lipinski definition) is 1. The molecule has 1 aromatic rings. The Bertz CT molecular complexity index is 369. The van der Waals surface area contributed by atoms with E-state index in [1.54, 1.807) is 12.1 Å². The fraction of sp³-hybridized carbons (Fsp3) is 0.182. The molecule has 3 heteroatoms. The molecule has 0 fully saturated rings. The molecule has 0 bridgehead atoms. The Hall–Kier alpha value is -1.28. The summed E-state index contributed by atoms with van der Waals surface area (Å²) >= 11 is 5.81. The van der Waals surface area contributed by atoms with E-state index in [2.05, 4.69) is 0 Å². The van der Waals surface area contributed by atoms with Crippen molar-refractivity contribution >= 4 is 23.1 Å². The summed E-state index contributed by atoms with van der Waals surface area (Å²) in [6.45, 7) is 1.87. The van der Waals surface area contributed by atoms with Gasteiger partial charge in [0.05, 0.1) is 6.42 Å². The number of benzene rings is 1. The second-order valence-electron chi connectivity index (χ2n) is 3.00. The van der Waals surface area contributed by atoms with Gasteiger partial charge in [-0.25, -0.2) is 0 Å². The molecule has 14 heavy (non-hydrogen) atoms. The van der Waals surface area contributed by atoms with Crippen molar-refractivity contribution in [2.24, 2.45) is 0 Å². The quantitative estimate of drug-likeness (QED) is 0.832. The first-order valence-electron chi connectivity index (χ1n) is 4.24. The Morgan fingerprint density at radius 3 is 2.86 bits per heavy atom. The first-order chi connectivity index (χ1) is 6.59. The first kappa shape index (κ1) is 10.8. The summed E-state index contributed by atoms with van der Waals surface area (Å²) in [5.74, 6) is -0.827. The molecule has 0 saturated heterocycles. The number of halogens is 1. The lowest BCUT2D eigenvalue weighted by Gasteiger charge is -2.01. The SMILES string of the molecule is C/C(=C\CC(=O)O)c1cccc(Cl)c1. The topological polar surface area (TPSA) is 37.3 Å². The van der Waals surface area contributed by atoms with Gasteiger partial charge in [0.2, 0.25) is 0 Å². The van der Waals surface area contributed by atoms with Gasteiger partial charge in [0.25, 0.3) is 0 Å². The number of hydrogen-bond acceptors (Lipinski definition) is 1. The average Bonchev–Trinajstić information content (AvgIpc) is 2.14. The summed E-state index contributed by atoms with van der Waals surface area (Å²) in [6, 6.07) is 7.35. The Morgan fingerprint density at radius 2 is 2.29 bits per heavy atom. The van der Waals surface area contributed by atoms with Crippen molar-refractivity contribution in [1.29, 1.82) is 0 Å². The Kier molecular flexibility index (Phi) is 3.72. The summed E-state index contributed by atoms with van der Waals surface area (Å²) in [5, 5.41) is 9.15. The van der Waals surface area contributed by atoms with Gasteiger partial charge >= 0.3 is 5.97 Å². The molecular formula is C11H11ClO2. The van der Waals surface area contributed by atoms with Crippen LogP contribution >= 0.6 is 11.6 Å². The lowest BCUT2D eigenvalue weighted by molar-refractivity contribution is -0.135. The van der Waals surface area contributed by atoms with Crippen molar-refractivity contribution in [2.75, 3.05) is 0 Å². The number of rotatable bonds is 3. The molecule has 1 aromatic carbocycles. The summed E-state index contributed by atoms with van der Waals surface area (Å²) in [6.07, 6.45) is 1.71. The third kappa shape index (κ3) is 3.23. The van der Waals surface area contributed by atoms with Crippen LogP contribution in [0.5, 0.6) is 0 Å². The molecule has 0 unspecified atom stereocenters. The second kappa shape index (κ2) is 4.82. The zero-order chi connectivity index (χ0) is 10.6. The Labute approximate surface area is 87.8 Å². The van der Waals surface area contributed by atoms with E-state index in [4.69, 9.17) is 16.7 Å². The molecule has 0 radical (unpaired) electrons. The maximum atomic E-state index is 10.3. The van der Waals surface area contributed by atoms with Gasteiger partial charge in [0.1, 0.15) is 0 Å². The van der Waals surface area contributed by atoms with Crippen molar-refractivity contribution in [3.63, 3.8) is 0 Å². The van der Waals surface area contributed by atoms with E-state index in [0.717, 1.165) is 11.1 Å². The van der Waals surface area contributed by atoms with Gasteiger partial charge in [-0.15, -0.1) is 0 Å². The smallest absolute Gasteiger partial charge is 0.307 e. The van der Waals surface area contributed by atoms with Crippen LogP contribution in [0, 0.1) is 0 Å². The molecule has 0 spiro atoms. The summed E-state index contributed by atoms with van der Waals surface area (Å²) < 4.78 is 0. The summed E-state index contributed by atoms with van der Waals surface area (Å²) in [7, 11) is 0. The lowest BCUT2D eigenvalue weighted by atomic mass is 10.1. The van der Waals surface area contributed by atoms with Crippen molar-refractivity contribution in [3.8, 4) is 0 Å².